The monoisotopic (exact) mass is 352 g/mol. The van der Waals surface area contributed by atoms with Crippen molar-refractivity contribution in [3.8, 4) is 0 Å². The highest BCUT2D eigenvalue weighted by atomic mass is 32.1. The molecule has 1 aromatic carbocycles. The first-order valence-electron chi connectivity index (χ1n) is 8.02. The number of hydrogen-bond acceptors (Lipinski definition) is 3. The van der Waals surface area contributed by atoms with Gasteiger partial charge in [-0.05, 0) is 43.5 Å². The Hall–Kier alpha value is -2.02. The van der Waals surface area contributed by atoms with E-state index in [-0.39, 0.29) is 0 Å². The third kappa shape index (κ3) is 5.56. The molecule has 0 aliphatic rings. The lowest BCUT2D eigenvalue weighted by Gasteiger charge is -2.11. The van der Waals surface area contributed by atoms with Gasteiger partial charge in [0, 0.05) is 24.2 Å². The Kier molecular flexibility index (Phi) is 7.11. The Morgan fingerprint density at radius 1 is 1.25 bits per heavy atom. The number of aromatic nitrogens is 1. The lowest BCUT2D eigenvalue weighted by atomic mass is 10.1. The predicted octanol–water partition coefficient (Wildman–Crippen LogP) is 3.28. The van der Waals surface area contributed by atoms with Gasteiger partial charge in [-0.15, -0.1) is 11.3 Å². The highest BCUT2D eigenvalue weighted by Gasteiger charge is 2.05. The fraction of sp³-hybridized carbons (Fsp3) is 0.412. The van der Waals surface area contributed by atoms with E-state index in [1.165, 1.54) is 10.9 Å². The van der Waals surface area contributed by atoms with E-state index >= 15 is 0 Å². The maximum Gasteiger partial charge on any atom is 0.191 e. The molecule has 0 atom stereocenters. The number of thiazole rings is 1. The van der Waals surface area contributed by atoms with Crippen LogP contribution in [0.4, 0.5) is 8.78 Å². The van der Waals surface area contributed by atoms with Gasteiger partial charge in [0.2, 0.25) is 0 Å². The average Bonchev–Trinajstić information content (AvgIpc) is 3.04. The van der Waals surface area contributed by atoms with E-state index in [0.717, 1.165) is 30.1 Å². The molecule has 0 unspecified atom stereocenters. The molecule has 0 fully saturated rings. The Balaban J connectivity index is 1.90. The quantitative estimate of drug-likeness (QED) is 0.594. The second kappa shape index (κ2) is 9.32. The van der Waals surface area contributed by atoms with Crippen molar-refractivity contribution in [3.63, 3.8) is 0 Å². The number of nitrogens with one attached hydrogen (secondary N) is 2. The molecular formula is C17H22F2N4S. The van der Waals surface area contributed by atoms with Gasteiger partial charge in [0.1, 0.15) is 16.6 Å². The van der Waals surface area contributed by atoms with Crippen LogP contribution in [-0.4, -0.2) is 24.0 Å². The Bertz CT molecular complexity index is 685. The van der Waals surface area contributed by atoms with Crippen LogP contribution in [0.3, 0.4) is 0 Å². The number of hydrogen-bond donors (Lipinski definition) is 2. The minimum atomic E-state index is -0.428. The fourth-order valence-electron chi connectivity index (χ4n) is 2.12. The van der Waals surface area contributed by atoms with Crippen LogP contribution < -0.4 is 10.6 Å². The molecule has 2 aromatic rings. The molecular weight excluding hydrogens is 330 g/mol. The Labute approximate surface area is 145 Å². The summed E-state index contributed by atoms with van der Waals surface area (Å²) in [6.45, 7) is 5.75. The third-order valence-electron chi connectivity index (χ3n) is 3.36. The van der Waals surface area contributed by atoms with Crippen molar-refractivity contribution in [2.24, 2.45) is 4.99 Å². The zero-order valence-electron chi connectivity index (χ0n) is 13.9. The first-order chi connectivity index (χ1) is 11.6. The molecule has 7 heteroatoms. The van der Waals surface area contributed by atoms with Gasteiger partial charge in [-0.2, -0.15) is 0 Å². The maximum atomic E-state index is 13.6. The maximum absolute atomic E-state index is 13.6. The second-order valence-electron chi connectivity index (χ2n) is 5.18. The number of aryl methyl sites for hydroxylation is 1. The Morgan fingerprint density at radius 2 is 2.08 bits per heavy atom. The number of aliphatic imine (C=N–C) groups is 1. The standard InChI is InChI=1S/C17H22F2N4S/c1-3-14-10-22-16(24-14)11-23-17(20-4-2)21-8-7-12-9-13(18)5-6-15(12)19/h5-6,9-10H,3-4,7-8,11H2,1-2H3,(H2,20,21,23). The van der Waals surface area contributed by atoms with Crippen LogP contribution in [0.15, 0.2) is 29.4 Å². The fourth-order valence-corrected chi connectivity index (χ4v) is 2.91. The summed E-state index contributed by atoms with van der Waals surface area (Å²) < 4.78 is 26.8. The normalized spacial score (nSPS) is 11.6. The van der Waals surface area contributed by atoms with Crippen molar-refractivity contribution in [2.45, 2.75) is 33.2 Å². The van der Waals surface area contributed by atoms with E-state index < -0.39 is 11.6 Å². The molecule has 0 spiro atoms. The van der Waals surface area contributed by atoms with Crippen molar-refractivity contribution in [1.29, 1.82) is 0 Å². The van der Waals surface area contributed by atoms with Crippen molar-refractivity contribution in [1.82, 2.24) is 15.6 Å². The van der Waals surface area contributed by atoms with Gasteiger partial charge < -0.3 is 10.6 Å². The highest BCUT2D eigenvalue weighted by molar-refractivity contribution is 7.11. The van der Waals surface area contributed by atoms with Gasteiger partial charge in [-0.1, -0.05) is 6.92 Å². The lowest BCUT2D eigenvalue weighted by Crippen LogP contribution is -2.38. The van der Waals surface area contributed by atoms with Crippen LogP contribution in [0, 0.1) is 11.6 Å². The predicted molar refractivity (Wildman–Crippen MR) is 94.4 cm³/mol. The molecule has 0 bridgehead atoms. The summed E-state index contributed by atoms with van der Waals surface area (Å²) in [6.07, 6.45) is 3.23. The molecule has 0 amide bonds. The largest absolute Gasteiger partial charge is 0.357 e. The van der Waals surface area contributed by atoms with Gasteiger partial charge in [0.15, 0.2) is 5.96 Å². The summed E-state index contributed by atoms with van der Waals surface area (Å²) in [5.41, 5.74) is 0.353. The minimum Gasteiger partial charge on any atom is -0.357 e. The van der Waals surface area contributed by atoms with Crippen molar-refractivity contribution in [2.75, 3.05) is 13.1 Å². The third-order valence-corrected chi connectivity index (χ3v) is 4.49. The van der Waals surface area contributed by atoms with E-state index in [1.54, 1.807) is 11.3 Å². The summed E-state index contributed by atoms with van der Waals surface area (Å²) in [7, 11) is 0. The molecule has 0 aliphatic carbocycles. The van der Waals surface area contributed by atoms with E-state index in [9.17, 15) is 8.78 Å². The second-order valence-corrected chi connectivity index (χ2v) is 6.38. The van der Waals surface area contributed by atoms with Crippen LogP contribution in [0.5, 0.6) is 0 Å². The minimum absolute atomic E-state index is 0.353. The number of halogens is 2. The number of nitrogens with zero attached hydrogens (tertiary/aromatic N) is 2. The molecule has 130 valence electrons. The summed E-state index contributed by atoms with van der Waals surface area (Å²) >= 11 is 1.65. The molecule has 2 N–H and O–H groups in total. The van der Waals surface area contributed by atoms with Crippen molar-refractivity contribution >= 4 is 17.3 Å². The van der Waals surface area contributed by atoms with Gasteiger partial charge in [-0.3, -0.25) is 0 Å². The first kappa shape index (κ1) is 18.3. The van der Waals surface area contributed by atoms with E-state index in [0.29, 0.717) is 31.0 Å². The van der Waals surface area contributed by atoms with Gasteiger partial charge in [0.25, 0.3) is 0 Å². The van der Waals surface area contributed by atoms with Gasteiger partial charge in [-0.25, -0.2) is 18.8 Å². The average molecular weight is 352 g/mol. The smallest absolute Gasteiger partial charge is 0.191 e. The van der Waals surface area contributed by atoms with Crippen LogP contribution in [0.25, 0.3) is 0 Å². The van der Waals surface area contributed by atoms with Gasteiger partial charge >= 0.3 is 0 Å². The molecule has 4 nitrogen and oxygen atoms in total. The number of guanidine groups is 1. The number of rotatable bonds is 7. The molecule has 1 heterocycles. The zero-order valence-corrected chi connectivity index (χ0v) is 14.7. The first-order valence-corrected chi connectivity index (χ1v) is 8.83. The molecule has 0 saturated carbocycles. The highest BCUT2D eigenvalue weighted by Crippen LogP contribution is 2.14. The lowest BCUT2D eigenvalue weighted by molar-refractivity contribution is 0.583. The van der Waals surface area contributed by atoms with E-state index in [2.05, 4.69) is 27.5 Å². The van der Waals surface area contributed by atoms with Crippen molar-refractivity contribution < 1.29 is 8.78 Å². The zero-order chi connectivity index (χ0) is 17.4. The molecule has 24 heavy (non-hydrogen) atoms. The summed E-state index contributed by atoms with van der Waals surface area (Å²) in [5.74, 6) is -0.181. The Morgan fingerprint density at radius 3 is 2.79 bits per heavy atom. The van der Waals surface area contributed by atoms with Crippen LogP contribution >= 0.6 is 11.3 Å². The number of benzene rings is 1. The van der Waals surface area contributed by atoms with Crippen molar-refractivity contribution in [3.05, 3.63) is 51.5 Å². The van der Waals surface area contributed by atoms with E-state index in [1.807, 2.05) is 13.1 Å². The molecule has 0 radical (unpaired) electrons. The van der Waals surface area contributed by atoms with Gasteiger partial charge in [0.05, 0.1) is 6.54 Å². The van der Waals surface area contributed by atoms with Crippen LogP contribution in [0.2, 0.25) is 0 Å². The summed E-state index contributed by atoms with van der Waals surface area (Å²) in [6, 6.07) is 3.50. The van der Waals surface area contributed by atoms with Crippen LogP contribution in [-0.2, 0) is 19.4 Å². The SMILES string of the molecule is CCNC(=NCc1ncc(CC)s1)NCCc1cc(F)ccc1F. The molecule has 1 aromatic heterocycles. The molecule has 0 aliphatic heterocycles. The molecule has 0 saturated heterocycles. The summed E-state index contributed by atoms with van der Waals surface area (Å²) in [4.78, 5) is 10.0. The molecule has 2 rings (SSSR count). The van der Waals surface area contributed by atoms with Crippen LogP contribution in [0.1, 0.15) is 29.3 Å². The topological polar surface area (TPSA) is 49.3 Å². The summed E-state index contributed by atoms with van der Waals surface area (Å²) in [5, 5.41) is 7.23. The van der Waals surface area contributed by atoms with E-state index in [4.69, 9.17) is 0 Å².